The smallest absolute Gasteiger partial charge is 0.121 e. The third-order valence-corrected chi connectivity index (χ3v) is 2.32. The highest BCUT2D eigenvalue weighted by molar-refractivity contribution is 6.17. The van der Waals surface area contributed by atoms with Gasteiger partial charge in [-0.05, 0) is 12.8 Å². The zero-order chi connectivity index (χ0) is 8.10. The molecule has 0 N–H and O–H groups in total. The molecule has 2 heteroatoms. The van der Waals surface area contributed by atoms with Crippen LogP contribution in [0.1, 0.15) is 25.7 Å². The molecule has 0 spiro atoms. The second-order valence-electron chi connectivity index (χ2n) is 2.87. The topological polar surface area (TPSA) is 9.23 Å². The van der Waals surface area contributed by atoms with E-state index in [0.717, 1.165) is 12.8 Å². The molecule has 0 bridgehead atoms. The molecule has 0 aliphatic heterocycles. The van der Waals surface area contributed by atoms with Crippen molar-refractivity contribution in [3.63, 3.8) is 0 Å². The molecule has 1 fully saturated rings. The van der Waals surface area contributed by atoms with E-state index in [1.165, 1.54) is 12.8 Å². The van der Waals surface area contributed by atoms with E-state index < -0.39 is 0 Å². The van der Waals surface area contributed by atoms with Crippen molar-refractivity contribution in [2.75, 3.05) is 6.07 Å². The van der Waals surface area contributed by atoms with Gasteiger partial charge in [0.15, 0.2) is 0 Å². The number of hydrogen-bond acceptors (Lipinski definition) is 1. The Morgan fingerprint density at radius 3 is 2.82 bits per heavy atom. The van der Waals surface area contributed by atoms with Crippen molar-refractivity contribution in [3.8, 4) is 12.3 Å². The third-order valence-electron chi connectivity index (χ3n) is 2.19. The summed E-state index contributed by atoms with van der Waals surface area (Å²) in [6.45, 7) is 0. The van der Waals surface area contributed by atoms with E-state index in [9.17, 15) is 0 Å². The van der Waals surface area contributed by atoms with E-state index >= 15 is 0 Å². The summed E-state index contributed by atoms with van der Waals surface area (Å²) >= 11 is 5.47. The van der Waals surface area contributed by atoms with Gasteiger partial charge in [0.1, 0.15) is 6.07 Å². The average Bonchev–Trinajstić information content (AvgIpc) is 2.06. The molecule has 0 radical (unpaired) electrons. The fourth-order valence-electron chi connectivity index (χ4n) is 1.57. The summed E-state index contributed by atoms with van der Waals surface area (Å²) in [5, 5.41) is 0. The van der Waals surface area contributed by atoms with Gasteiger partial charge in [-0.25, -0.2) is 0 Å². The maximum Gasteiger partial charge on any atom is 0.121 e. The van der Waals surface area contributed by atoms with Crippen molar-refractivity contribution in [2.45, 2.75) is 31.8 Å². The lowest BCUT2D eigenvalue weighted by Crippen LogP contribution is -2.26. The van der Waals surface area contributed by atoms with E-state index in [-0.39, 0.29) is 12.2 Å². The molecule has 1 rings (SSSR count). The second-order valence-corrected chi connectivity index (χ2v) is 3.09. The highest BCUT2D eigenvalue weighted by atomic mass is 35.5. The van der Waals surface area contributed by atoms with Crippen LogP contribution in [0.2, 0.25) is 0 Å². The summed E-state index contributed by atoms with van der Waals surface area (Å²) < 4.78 is 5.31. The molecule has 0 amide bonds. The van der Waals surface area contributed by atoms with Gasteiger partial charge in [-0.15, -0.1) is 12.3 Å². The van der Waals surface area contributed by atoms with Crippen molar-refractivity contribution in [3.05, 3.63) is 0 Å². The van der Waals surface area contributed by atoms with Gasteiger partial charge < -0.3 is 4.74 Å². The van der Waals surface area contributed by atoms with E-state index in [2.05, 4.69) is 5.92 Å². The fraction of sp³-hybridized carbons (Fsp3) is 0.778. The predicted octanol–water partition coefficient (Wildman–Crippen LogP) is 2.39. The Morgan fingerprint density at radius 2 is 2.18 bits per heavy atom. The first-order valence-corrected chi connectivity index (χ1v) is 4.55. The van der Waals surface area contributed by atoms with Crippen LogP contribution in [0.5, 0.6) is 0 Å². The molecule has 2 unspecified atom stereocenters. The summed E-state index contributed by atoms with van der Waals surface area (Å²) in [7, 11) is 0. The number of alkyl halides is 1. The normalized spacial score (nSPS) is 31.3. The van der Waals surface area contributed by atoms with Crippen LogP contribution in [0.3, 0.4) is 0 Å². The molecule has 11 heavy (non-hydrogen) atoms. The van der Waals surface area contributed by atoms with Gasteiger partial charge in [-0.2, -0.15) is 0 Å². The number of rotatable bonds is 2. The number of halogens is 1. The van der Waals surface area contributed by atoms with Gasteiger partial charge >= 0.3 is 0 Å². The molecule has 1 aliphatic carbocycles. The summed E-state index contributed by atoms with van der Waals surface area (Å²) in [6.07, 6.45) is 10.2. The van der Waals surface area contributed by atoms with Gasteiger partial charge in [0.2, 0.25) is 0 Å². The molecule has 0 heterocycles. The Hall–Kier alpha value is -0.190. The number of ether oxygens (including phenoxy) is 1. The Balaban J connectivity index is 2.39. The van der Waals surface area contributed by atoms with Crippen molar-refractivity contribution >= 4 is 11.6 Å². The van der Waals surface area contributed by atoms with E-state index in [1.54, 1.807) is 0 Å². The van der Waals surface area contributed by atoms with Crippen LogP contribution in [0.25, 0.3) is 0 Å². The molecule has 62 valence electrons. The SMILES string of the molecule is C#CC1CCCCC1OCCl. The molecule has 0 aromatic carbocycles. The zero-order valence-electron chi connectivity index (χ0n) is 6.55. The first kappa shape index (κ1) is 8.90. The highest BCUT2D eigenvalue weighted by Gasteiger charge is 2.23. The minimum absolute atomic E-state index is 0.214. The maximum atomic E-state index is 5.47. The van der Waals surface area contributed by atoms with Crippen molar-refractivity contribution in [1.82, 2.24) is 0 Å². The number of terminal acetylenes is 1. The highest BCUT2D eigenvalue weighted by Crippen LogP contribution is 2.26. The minimum atomic E-state index is 0.214. The Bertz CT molecular complexity index is 148. The lowest BCUT2D eigenvalue weighted by Gasteiger charge is -2.26. The standard InChI is InChI=1S/C9H13ClO/c1-2-8-5-3-4-6-9(8)11-7-10/h1,8-9H,3-7H2. The van der Waals surface area contributed by atoms with E-state index in [1.807, 2.05) is 0 Å². The molecule has 2 atom stereocenters. The summed E-state index contributed by atoms with van der Waals surface area (Å²) in [5.74, 6) is 3.05. The Labute approximate surface area is 73.1 Å². The number of hydrogen-bond donors (Lipinski definition) is 0. The maximum absolute atomic E-state index is 5.47. The van der Waals surface area contributed by atoms with Gasteiger partial charge in [0.05, 0.1) is 6.10 Å². The van der Waals surface area contributed by atoms with Crippen LogP contribution in [0.15, 0.2) is 0 Å². The molecular formula is C9H13ClO. The second kappa shape index (κ2) is 4.64. The van der Waals surface area contributed by atoms with Crippen LogP contribution in [-0.4, -0.2) is 12.2 Å². The average molecular weight is 173 g/mol. The van der Waals surface area contributed by atoms with Crippen LogP contribution in [0, 0.1) is 18.3 Å². The predicted molar refractivity (Wildman–Crippen MR) is 46.4 cm³/mol. The minimum Gasteiger partial charge on any atom is -0.361 e. The molecule has 0 aromatic heterocycles. The quantitative estimate of drug-likeness (QED) is 0.459. The lowest BCUT2D eigenvalue weighted by molar-refractivity contribution is 0.0329. The van der Waals surface area contributed by atoms with Crippen molar-refractivity contribution < 1.29 is 4.74 Å². The van der Waals surface area contributed by atoms with Gasteiger partial charge in [0, 0.05) is 5.92 Å². The van der Waals surface area contributed by atoms with Gasteiger partial charge in [-0.3, -0.25) is 0 Å². The van der Waals surface area contributed by atoms with Crippen LogP contribution in [0.4, 0.5) is 0 Å². The first-order valence-electron chi connectivity index (χ1n) is 4.02. The Kier molecular flexibility index (Phi) is 3.76. The fourth-order valence-corrected chi connectivity index (χ4v) is 1.73. The van der Waals surface area contributed by atoms with E-state index in [4.69, 9.17) is 22.8 Å². The summed E-state index contributed by atoms with van der Waals surface area (Å²) in [4.78, 5) is 0. The summed E-state index contributed by atoms with van der Waals surface area (Å²) in [5.41, 5.74) is 0. The monoisotopic (exact) mass is 172 g/mol. The van der Waals surface area contributed by atoms with Gasteiger partial charge in [-0.1, -0.05) is 24.4 Å². The largest absolute Gasteiger partial charge is 0.361 e. The van der Waals surface area contributed by atoms with Crippen molar-refractivity contribution in [2.24, 2.45) is 5.92 Å². The first-order chi connectivity index (χ1) is 5.38. The third kappa shape index (κ3) is 2.39. The lowest BCUT2D eigenvalue weighted by atomic mass is 9.87. The molecule has 1 aliphatic rings. The van der Waals surface area contributed by atoms with Crippen LogP contribution >= 0.6 is 11.6 Å². The summed E-state index contributed by atoms with van der Waals surface area (Å²) in [6, 6.07) is 0.267. The van der Waals surface area contributed by atoms with Crippen molar-refractivity contribution in [1.29, 1.82) is 0 Å². The molecule has 0 aromatic rings. The molecular weight excluding hydrogens is 160 g/mol. The molecule has 1 nitrogen and oxygen atoms in total. The molecule has 0 saturated heterocycles. The Morgan fingerprint density at radius 1 is 1.45 bits per heavy atom. The zero-order valence-corrected chi connectivity index (χ0v) is 7.31. The van der Waals surface area contributed by atoms with Gasteiger partial charge in [0.25, 0.3) is 0 Å². The van der Waals surface area contributed by atoms with Crippen LogP contribution in [-0.2, 0) is 4.74 Å². The molecule has 1 saturated carbocycles. The van der Waals surface area contributed by atoms with E-state index in [0.29, 0.717) is 5.92 Å². The van der Waals surface area contributed by atoms with Crippen LogP contribution < -0.4 is 0 Å².